The Morgan fingerprint density at radius 3 is 2.78 bits per heavy atom. The molecule has 0 aliphatic carbocycles. The van der Waals surface area contributed by atoms with Crippen LogP contribution in [0.1, 0.15) is 26.1 Å². The molecular formula is C9H17N5O2S2. The Labute approximate surface area is 112 Å². The lowest BCUT2D eigenvalue weighted by atomic mass is 10.3. The lowest BCUT2D eigenvalue weighted by molar-refractivity contribution is 0.568. The van der Waals surface area contributed by atoms with Crippen molar-refractivity contribution in [2.24, 2.45) is 5.73 Å². The molecule has 18 heavy (non-hydrogen) atoms. The normalized spacial score (nSPS) is 13.4. The molecule has 0 aliphatic rings. The average molecular weight is 291 g/mol. The zero-order valence-electron chi connectivity index (χ0n) is 10.3. The summed E-state index contributed by atoms with van der Waals surface area (Å²) in [5.41, 5.74) is 5.42. The molecule has 0 amide bonds. The van der Waals surface area contributed by atoms with Crippen molar-refractivity contribution >= 4 is 27.2 Å². The number of aromatic nitrogens is 3. The number of thiocarbonyl (C=S) groups is 1. The van der Waals surface area contributed by atoms with Gasteiger partial charge in [-0.2, -0.15) is 0 Å². The van der Waals surface area contributed by atoms with Crippen LogP contribution in [0.5, 0.6) is 0 Å². The molecule has 1 aromatic heterocycles. The number of aryl methyl sites for hydroxylation is 1. The topological polar surface area (TPSA) is 103 Å². The molecule has 0 bridgehead atoms. The van der Waals surface area contributed by atoms with Gasteiger partial charge < -0.3 is 10.3 Å². The first-order valence-corrected chi connectivity index (χ1v) is 7.52. The predicted octanol–water partition coefficient (Wildman–Crippen LogP) is -0.218. The van der Waals surface area contributed by atoms with Crippen molar-refractivity contribution in [1.82, 2.24) is 19.5 Å². The minimum absolute atomic E-state index is 0.0260. The maximum absolute atomic E-state index is 12.0. The Morgan fingerprint density at radius 1 is 1.61 bits per heavy atom. The van der Waals surface area contributed by atoms with E-state index < -0.39 is 15.3 Å². The summed E-state index contributed by atoms with van der Waals surface area (Å²) in [4.78, 5) is -0.0260. The molecule has 0 spiro atoms. The van der Waals surface area contributed by atoms with E-state index in [0.29, 0.717) is 18.8 Å². The number of nitrogens with two attached hydrogens (primary N) is 1. The van der Waals surface area contributed by atoms with Crippen LogP contribution in [0.3, 0.4) is 0 Å². The molecule has 1 rings (SSSR count). The average Bonchev–Trinajstić information content (AvgIpc) is 2.73. The molecule has 1 atom stereocenters. The summed E-state index contributed by atoms with van der Waals surface area (Å²) in [6.07, 6.45) is 1.89. The van der Waals surface area contributed by atoms with Crippen molar-refractivity contribution in [3.63, 3.8) is 0 Å². The SMILES string of the molecule is CCC(C(N)=S)S(=O)(=O)NCc1nncn1CC. The summed E-state index contributed by atoms with van der Waals surface area (Å²) in [5, 5.41) is 6.71. The van der Waals surface area contributed by atoms with E-state index in [1.54, 1.807) is 17.8 Å². The van der Waals surface area contributed by atoms with Crippen molar-refractivity contribution in [3.8, 4) is 0 Å². The van der Waals surface area contributed by atoms with E-state index in [1.807, 2.05) is 6.92 Å². The molecule has 0 aromatic carbocycles. The van der Waals surface area contributed by atoms with E-state index in [0.717, 1.165) is 0 Å². The van der Waals surface area contributed by atoms with Crippen LogP contribution in [0.15, 0.2) is 6.33 Å². The molecule has 0 aliphatic heterocycles. The van der Waals surface area contributed by atoms with Gasteiger partial charge in [0.2, 0.25) is 10.0 Å². The third-order valence-electron chi connectivity index (χ3n) is 2.53. The van der Waals surface area contributed by atoms with E-state index >= 15 is 0 Å². The largest absolute Gasteiger partial charge is 0.392 e. The van der Waals surface area contributed by atoms with Gasteiger partial charge in [0.05, 0.1) is 11.5 Å². The molecule has 102 valence electrons. The Balaban J connectivity index is 2.76. The third kappa shape index (κ3) is 3.47. The minimum atomic E-state index is -3.57. The lowest BCUT2D eigenvalue weighted by Gasteiger charge is -2.15. The van der Waals surface area contributed by atoms with E-state index in [9.17, 15) is 8.42 Å². The fraction of sp³-hybridized carbons (Fsp3) is 0.667. The number of nitrogens with one attached hydrogen (secondary N) is 1. The van der Waals surface area contributed by atoms with Crippen LogP contribution >= 0.6 is 12.2 Å². The second kappa shape index (κ2) is 6.21. The molecule has 0 saturated carbocycles. The fourth-order valence-corrected chi connectivity index (χ4v) is 3.34. The standard InChI is InChI=1S/C9H17N5O2S2/c1-3-7(9(10)17)18(15,16)12-5-8-13-11-6-14(8)4-2/h6-7,12H,3-5H2,1-2H3,(H2,10,17). The fourth-order valence-electron chi connectivity index (χ4n) is 1.52. The van der Waals surface area contributed by atoms with Gasteiger partial charge in [0.25, 0.3) is 0 Å². The summed E-state index contributed by atoms with van der Waals surface area (Å²) in [5.74, 6) is 0.555. The molecular weight excluding hydrogens is 274 g/mol. The van der Waals surface area contributed by atoms with Gasteiger partial charge in [-0.3, -0.25) is 0 Å². The molecule has 1 unspecified atom stereocenters. The van der Waals surface area contributed by atoms with Crippen molar-refractivity contribution < 1.29 is 8.42 Å². The van der Waals surface area contributed by atoms with E-state index in [2.05, 4.69) is 14.9 Å². The molecule has 0 radical (unpaired) electrons. The molecule has 3 N–H and O–H groups in total. The first-order chi connectivity index (χ1) is 8.42. The third-order valence-corrected chi connectivity index (χ3v) is 4.85. The highest BCUT2D eigenvalue weighted by Gasteiger charge is 2.26. The van der Waals surface area contributed by atoms with Crippen LogP contribution in [0.25, 0.3) is 0 Å². The second-order valence-electron chi connectivity index (χ2n) is 3.70. The van der Waals surface area contributed by atoms with Crippen LogP contribution < -0.4 is 10.5 Å². The van der Waals surface area contributed by atoms with Crippen molar-refractivity contribution in [1.29, 1.82) is 0 Å². The molecule has 1 aromatic rings. The van der Waals surface area contributed by atoms with Gasteiger partial charge >= 0.3 is 0 Å². The minimum Gasteiger partial charge on any atom is -0.392 e. The van der Waals surface area contributed by atoms with Gasteiger partial charge in [-0.15, -0.1) is 10.2 Å². The Hall–Kier alpha value is -1.06. The molecule has 9 heteroatoms. The lowest BCUT2D eigenvalue weighted by Crippen LogP contribution is -2.41. The molecule has 0 fully saturated rings. The van der Waals surface area contributed by atoms with E-state index in [4.69, 9.17) is 18.0 Å². The number of hydrogen-bond acceptors (Lipinski definition) is 5. The van der Waals surface area contributed by atoms with Gasteiger partial charge in [0.1, 0.15) is 17.4 Å². The Morgan fingerprint density at radius 2 is 2.28 bits per heavy atom. The van der Waals surface area contributed by atoms with Gasteiger partial charge in [-0.05, 0) is 13.3 Å². The number of nitrogens with zero attached hydrogens (tertiary/aromatic N) is 3. The summed E-state index contributed by atoms with van der Waals surface area (Å²) in [6.45, 7) is 4.40. The molecule has 7 nitrogen and oxygen atoms in total. The first-order valence-electron chi connectivity index (χ1n) is 5.56. The summed E-state index contributed by atoms with van der Waals surface area (Å²) >= 11 is 4.75. The number of hydrogen-bond donors (Lipinski definition) is 2. The van der Waals surface area contributed by atoms with Gasteiger partial charge in [0, 0.05) is 6.54 Å². The van der Waals surface area contributed by atoms with Gasteiger partial charge in [0.15, 0.2) is 0 Å². The monoisotopic (exact) mass is 291 g/mol. The highest BCUT2D eigenvalue weighted by atomic mass is 32.2. The van der Waals surface area contributed by atoms with Crippen LogP contribution in [-0.2, 0) is 23.1 Å². The second-order valence-corrected chi connectivity index (χ2v) is 6.12. The number of sulfonamides is 1. The van der Waals surface area contributed by atoms with Crippen LogP contribution in [0.2, 0.25) is 0 Å². The zero-order valence-corrected chi connectivity index (χ0v) is 12.0. The maximum Gasteiger partial charge on any atom is 0.221 e. The zero-order chi connectivity index (χ0) is 13.8. The Kier molecular flexibility index (Phi) is 5.17. The predicted molar refractivity (Wildman–Crippen MR) is 72.3 cm³/mol. The van der Waals surface area contributed by atoms with Crippen molar-refractivity contribution in [2.45, 2.75) is 38.6 Å². The van der Waals surface area contributed by atoms with Crippen molar-refractivity contribution in [2.75, 3.05) is 0 Å². The first kappa shape index (κ1) is 15.0. The van der Waals surface area contributed by atoms with Crippen LogP contribution in [0, 0.1) is 0 Å². The molecule has 0 saturated heterocycles. The highest BCUT2D eigenvalue weighted by Crippen LogP contribution is 2.06. The Bertz CT molecular complexity index is 511. The molecule has 1 heterocycles. The van der Waals surface area contributed by atoms with E-state index in [1.165, 1.54) is 0 Å². The quantitative estimate of drug-likeness (QED) is 0.673. The smallest absolute Gasteiger partial charge is 0.221 e. The van der Waals surface area contributed by atoms with Crippen LogP contribution in [0.4, 0.5) is 0 Å². The summed E-state index contributed by atoms with van der Waals surface area (Å²) in [7, 11) is -3.57. The summed E-state index contributed by atoms with van der Waals surface area (Å²) < 4.78 is 28.1. The summed E-state index contributed by atoms with van der Waals surface area (Å²) in [6, 6.07) is 0. The highest BCUT2D eigenvalue weighted by molar-refractivity contribution is 7.93. The van der Waals surface area contributed by atoms with Crippen LogP contribution in [-0.4, -0.2) is 33.4 Å². The van der Waals surface area contributed by atoms with E-state index in [-0.39, 0.29) is 11.5 Å². The van der Waals surface area contributed by atoms with Crippen molar-refractivity contribution in [3.05, 3.63) is 12.2 Å². The number of rotatable bonds is 7. The maximum atomic E-state index is 12.0. The van der Waals surface area contributed by atoms with Gasteiger partial charge in [-0.25, -0.2) is 13.1 Å². The van der Waals surface area contributed by atoms with Gasteiger partial charge in [-0.1, -0.05) is 19.1 Å².